The van der Waals surface area contributed by atoms with Gasteiger partial charge in [-0.15, -0.1) is 12.4 Å². The predicted octanol–water partition coefficient (Wildman–Crippen LogP) is 2.51. The molecule has 12 heavy (non-hydrogen) atoms. The van der Waals surface area contributed by atoms with Gasteiger partial charge in [-0.2, -0.15) is 0 Å². The summed E-state index contributed by atoms with van der Waals surface area (Å²) in [5.74, 6) is -0.182. The van der Waals surface area contributed by atoms with Crippen LogP contribution in [-0.4, -0.2) is 6.54 Å². The van der Waals surface area contributed by atoms with E-state index >= 15 is 0 Å². The van der Waals surface area contributed by atoms with Crippen molar-refractivity contribution in [1.29, 1.82) is 0 Å². The van der Waals surface area contributed by atoms with E-state index in [2.05, 4.69) is 15.9 Å². The maximum absolute atomic E-state index is 12.9. The molecular formula is C8H10BrClFN. The summed E-state index contributed by atoms with van der Waals surface area (Å²) in [4.78, 5) is 0. The maximum atomic E-state index is 12.9. The van der Waals surface area contributed by atoms with Crippen molar-refractivity contribution in [1.82, 2.24) is 0 Å². The van der Waals surface area contributed by atoms with Crippen LogP contribution in [-0.2, 0) is 6.42 Å². The normalized spacial score (nSPS) is 9.25. The van der Waals surface area contributed by atoms with Gasteiger partial charge in [0.15, 0.2) is 0 Å². The molecular weight excluding hydrogens is 244 g/mol. The largest absolute Gasteiger partial charge is 0.330 e. The van der Waals surface area contributed by atoms with E-state index in [0.29, 0.717) is 18.5 Å². The molecule has 0 aliphatic heterocycles. The van der Waals surface area contributed by atoms with Crippen molar-refractivity contribution in [3.05, 3.63) is 34.1 Å². The number of benzene rings is 1. The van der Waals surface area contributed by atoms with Gasteiger partial charge in [0.1, 0.15) is 5.82 Å². The van der Waals surface area contributed by atoms with Crippen LogP contribution >= 0.6 is 28.3 Å². The minimum atomic E-state index is -0.182. The third-order valence-electron chi connectivity index (χ3n) is 1.42. The van der Waals surface area contributed by atoms with Gasteiger partial charge in [-0.1, -0.05) is 15.9 Å². The fraction of sp³-hybridized carbons (Fsp3) is 0.250. The molecule has 4 heteroatoms. The van der Waals surface area contributed by atoms with Gasteiger partial charge < -0.3 is 5.73 Å². The molecule has 0 fully saturated rings. The van der Waals surface area contributed by atoms with Gasteiger partial charge >= 0.3 is 0 Å². The maximum Gasteiger partial charge on any atom is 0.126 e. The Labute approximate surface area is 85.7 Å². The van der Waals surface area contributed by atoms with Crippen LogP contribution in [0.25, 0.3) is 0 Å². The van der Waals surface area contributed by atoms with Crippen molar-refractivity contribution >= 4 is 28.3 Å². The van der Waals surface area contributed by atoms with Crippen LogP contribution in [0.1, 0.15) is 5.56 Å². The molecule has 0 aromatic heterocycles. The van der Waals surface area contributed by atoms with Crippen LogP contribution in [0.3, 0.4) is 0 Å². The van der Waals surface area contributed by atoms with Crippen molar-refractivity contribution in [2.45, 2.75) is 6.42 Å². The second kappa shape index (κ2) is 5.51. The minimum absolute atomic E-state index is 0. The molecule has 0 radical (unpaired) electrons. The Balaban J connectivity index is 0.00000121. The highest BCUT2D eigenvalue weighted by Gasteiger charge is 2.00. The molecule has 0 heterocycles. The molecule has 1 rings (SSSR count). The van der Waals surface area contributed by atoms with E-state index in [9.17, 15) is 4.39 Å². The summed E-state index contributed by atoms with van der Waals surface area (Å²) < 4.78 is 13.8. The van der Waals surface area contributed by atoms with E-state index in [0.717, 1.165) is 4.47 Å². The number of halogens is 3. The van der Waals surface area contributed by atoms with E-state index in [1.54, 1.807) is 12.1 Å². The third kappa shape index (κ3) is 3.09. The number of rotatable bonds is 2. The summed E-state index contributed by atoms with van der Waals surface area (Å²) in [5, 5.41) is 0. The van der Waals surface area contributed by atoms with E-state index in [1.807, 2.05) is 0 Å². The molecule has 2 N–H and O–H groups in total. The number of nitrogens with two attached hydrogens (primary N) is 1. The zero-order valence-electron chi connectivity index (χ0n) is 6.39. The van der Waals surface area contributed by atoms with Gasteiger partial charge in [0.25, 0.3) is 0 Å². The highest BCUT2D eigenvalue weighted by Crippen LogP contribution is 2.15. The van der Waals surface area contributed by atoms with Crippen molar-refractivity contribution in [2.24, 2.45) is 5.73 Å². The Bertz CT molecular complexity index is 255. The summed E-state index contributed by atoms with van der Waals surface area (Å²) in [7, 11) is 0. The van der Waals surface area contributed by atoms with Crippen LogP contribution in [0.4, 0.5) is 4.39 Å². The fourth-order valence-electron chi connectivity index (χ4n) is 0.890. The second-order valence-corrected chi connectivity index (χ2v) is 3.19. The summed E-state index contributed by atoms with van der Waals surface area (Å²) in [5.41, 5.74) is 5.97. The Kier molecular flexibility index (Phi) is 5.46. The fourth-order valence-corrected chi connectivity index (χ4v) is 1.30. The topological polar surface area (TPSA) is 26.0 Å². The van der Waals surface area contributed by atoms with E-state index in [1.165, 1.54) is 6.07 Å². The molecule has 0 aliphatic carbocycles. The van der Waals surface area contributed by atoms with Crippen LogP contribution in [0.2, 0.25) is 0 Å². The first-order chi connectivity index (χ1) is 5.24. The first kappa shape index (κ1) is 11.9. The van der Waals surface area contributed by atoms with Gasteiger partial charge in [-0.25, -0.2) is 4.39 Å². The van der Waals surface area contributed by atoms with Gasteiger partial charge in [0.2, 0.25) is 0 Å². The van der Waals surface area contributed by atoms with E-state index in [4.69, 9.17) is 5.73 Å². The lowest BCUT2D eigenvalue weighted by atomic mass is 10.1. The Morgan fingerprint density at radius 1 is 1.42 bits per heavy atom. The molecule has 0 atom stereocenters. The number of hydrogen-bond acceptors (Lipinski definition) is 1. The minimum Gasteiger partial charge on any atom is -0.330 e. The average Bonchev–Trinajstić information content (AvgIpc) is 1.98. The van der Waals surface area contributed by atoms with Crippen LogP contribution < -0.4 is 5.73 Å². The van der Waals surface area contributed by atoms with Gasteiger partial charge in [-0.3, -0.25) is 0 Å². The lowest BCUT2D eigenvalue weighted by Crippen LogP contribution is -2.04. The van der Waals surface area contributed by atoms with Crippen molar-refractivity contribution < 1.29 is 4.39 Å². The summed E-state index contributed by atoms with van der Waals surface area (Å²) in [6.07, 6.45) is 0.589. The highest BCUT2D eigenvalue weighted by atomic mass is 79.9. The molecule has 0 aliphatic rings. The quantitative estimate of drug-likeness (QED) is 0.862. The second-order valence-electron chi connectivity index (χ2n) is 2.27. The molecule has 0 unspecified atom stereocenters. The molecule has 0 saturated heterocycles. The molecule has 1 nitrogen and oxygen atoms in total. The molecule has 0 bridgehead atoms. The summed E-state index contributed by atoms with van der Waals surface area (Å²) in [6.45, 7) is 0.480. The van der Waals surface area contributed by atoms with Gasteiger partial charge in [0, 0.05) is 4.47 Å². The van der Waals surface area contributed by atoms with Gasteiger partial charge in [0.05, 0.1) is 0 Å². The Hall–Kier alpha value is -0.120. The van der Waals surface area contributed by atoms with Crippen molar-refractivity contribution in [2.75, 3.05) is 6.54 Å². The Morgan fingerprint density at radius 3 is 2.67 bits per heavy atom. The van der Waals surface area contributed by atoms with Gasteiger partial charge in [-0.05, 0) is 36.7 Å². The first-order valence-electron chi connectivity index (χ1n) is 3.38. The van der Waals surface area contributed by atoms with Crippen LogP contribution in [0, 0.1) is 5.82 Å². The number of hydrogen-bond donors (Lipinski definition) is 1. The van der Waals surface area contributed by atoms with E-state index in [-0.39, 0.29) is 18.2 Å². The molecule has 0 spiro atoms. The molecule has 0 amide bonds. The molecule has 0 saturated carbocycles. The van der Waals surface area contributed by atoms with Crippen LogP contribution in [0.15, 0.2) is 22.7 Å². The lowest BCUT2D eigenvalue weighted by molar-refractivity contribution is 0.609. The zero-order chi connectivity index (χ0) is 8.27. The zero-order valence-corrected chi connectivity index (χ0v) is 8.79. The van der Waals surface area contributed by atoms with Crippen molar-refractivity contribution in [3.8, 4) is 0 Å². The average molecular weight is 255 g/mol. The van der Waals surface area contributed by atoms with E-state index < -0.39 is 0 Å². The van der Waals surface area contributed by atoms with Crippen molar-refractivity contribution in [3.63, 3.8) is 0 Å². The summed E-state index contributed by atoms with van der Waals surface area (Å²) >= 11 is 3.26. The lowest BCUT2D eigenvalue weighted by Gasteiger charge is -2.00. The monoisotopic (exact) mass is 253 g/mol. The first-order valence-corrected chi connectivity index (χ1v) is 4.17. The SMILES string of the molecule is Cl.NCCc1cc(Br)ccc1F. The summed E-state index contributed by atoms with van der Waals surface area (Å²) in [6, 6.07) is 4.87. The standard InChI is InChI=1S/C8H9BrFN.ClH/c9-7-1-2-8(10)6(5-7)3-4-11;/h1-2,5H,3-4,11H2;1H. The smallest absolute Gasteiger partial charge is 0.126 e. The molecule has 68 valence electrons. The predicted molar refractivity (Wildman–Crippen MR) is 54.1 cm³/mol. The molecule has 1 aromatic carbocycles. The third-order valence-corrected chi connectivity index (χ3v) is 1.91. The van der Waals surface area contributed by atoms with Crippen LogP contribution in [0.5, 0.6) is 0 Å². The molecule has 1 aromatic rings. The Morgan fingerprint density at radius 2 is 2.08 bits per heavy atom. The highest BCUT2D eigenvalue weighted by molar-refractivity contribution is 9.10.